The summed E-state index contributed by atoms with van der Waals surface area (Å²) in [5.74, 6) is 0.150. The zero-order valence-corrected chi connectivity index (χ0v) is 9.73. The second-order valence-electron chi connectivity index (χ2n) is 3.38. The molecule has 0 aliphatic heterocycles. The lowest BCUT2D eigenvalue weighted by atomic mass is 10.3. The number of ether oxygens (including phenoxy) is 1. The highest BCUT2D eigenvalue weighted by molar-refractivity contribution is 5.92. The van der Waals surface area contributed by atoms with Gasteiger partial charge in [0.25, 0.3) is 0 Å². The van der Waals surface area contributed by atoms with Crippen LogP contribution in [0.1, 0.15) is 13.3 Å². The molecule has 90 valence electrons. The summed E-state index contributed by atoms with van der Waals surface area (Å²) in [6, 6.07) is 6.84. The molecule has 0 radical (unpaired) electrons. The van der Waals surface area contributed by atoms with Crippen molar-refractivity contribution in [3.05, 3.63) is 36.9 Å². The van der Waals surface area contributed by atoms with E-state index in [4.69, 9.17) is 4.74 Å². The van der Waals surface area contributed by atoms with Gasteiger partial charge in [-0.2, -0.15) is 0 Å². The number of carbonyl (C=O) groups excluding carboxylic acids is 2. The Morgan fingerprint density at radius 2 is 2.00 bits per heavy atom. The van der Waals surface area contributed by atoms with E-state index in [1.807, 2.05) is 0 Å². The average molecular weight is 233 g/mol. The van der Waals surface area contributed by atoms with Gasteiger partial charge in [0.2, 0.25) is 0 Å². The SMILES string of the molecule is C=CC(=O)CNc1ccc(OC(=O)CC)cc1. The van der Waals surface area contributed by atoms with E-state index in [1.165, 1.54) is 6.08 Å². The fourth-order valence-corrected chi connectivity index (χ4v) is 1.11. The Morgan fingerprint density at radius 3 is 2.53 bits per heavy atom. The fourth-order valence-electron chi connectivity index (χ4n) is 1.11. The Bertz CT molecular complexity index is 409. The number of rotatable bonds is 6. The molecule has 0 unspecified atom stereocenters. The molecule has 1 aromatic carbocycles. The number of benzene rings is 1. The van der Waals surface area contributed by atoms with Crippen LogP contribution in [0.25, 0.3) is 0 Å². The van der Waals surface area contributed by atoms with Crippen LogP contribution < -0.4 is 10.1 Å². The van der Waals surface area contributed by atoms with E-state index < -0.39 is 0 Å². The first-order valence-corrected chi connectivity index (χ1v) is 5.35. The van der Waals surface area contributed by atoms with Gasteiger partial charge in [-0.1, -0.05) is 13.5 Å². The van der Waals surface area contributed by atoms with Crippen molar-refractivity contribution in [1.82, 2.24) is 0 Å². The molecule has 0 atom stereocenters. The lowest BCUT2D eigenvalue weighted by molar-refractivity contribution is -0.134. The molecule has 0 bridgehead atoms. The highest BCUT2D eigenvalue weighted by Crippen LogP contribution is 2.15. The summed E-state index contributed by atoms with van der Waals surface area (Å²) >= 11 is 0. The molecule has 0 spiro atoms. The second kappa shape index (κ2) is 6.48. The summed E-state index contributed by atoms with van der Waals surface area (Å²) in [6.07, 6.45) is 1.61. The monoisotopic (exact) mass is 233 g/mol. The van der Waals surface area contributed by atoms with Gasteiger partial charge in [0, 0.05) is 12.1 Å². The zero-order valence-electron chi connectivity index (χ0n) is 9.73. The molecule has 0 aromatic heterocycles. The van der Waals surface area contributed by atoms with Crippen LogP contribution in [-0.2, 0) is 9.59 Å². The van der Waals surface area contributed by atoms with E-state index in [1.54, 1.807) is 31.2 Å². The van der Waals surface area contributed by atoms with Crippen molar-refractivity contribution < 1.29 is 14.3 Å². The Labute approximate surface area is 100 Å². The minimum atomic E-state index is -0.271. The minimum Gasteiger partial charge on any atom is -0.427 e. The summed E-state index contributed by atoms with van der Waals surface area (Å²) in [7, 11) is 0. The number of nitrogens with one attached hydrogen (secondary N) is 1. The third kappa shape index (κ3) is 4.51. The van der Waals surface area contributed by atoms with Crippen LogP contribution in [0, 0.1) is 0 Å². The molecule has 1 aromatic rings. The summed E-state index contributed by atoms with van der Waals surface area (Å²) in [4.78, 5) is 22.0. The normalized spacial score (nSPS) is 9.47. The summed E-state index contributed by atoms with van der Waals surface area (Å²) in [6.45, 7) is 5.32. The first-order chi connectivity index (χ1) is 8.15. The Balaban J connectivity index is 2.52. The van der Waals surface area contributed by atoms with Crippen LogP contribution >= 0.6 is 0 Å². The number of anilines is 1. The summed E-state index contributed by atoms with van der Waals surface area (Å²) < 4.78 is 5.02. The lowest BCUT2D eigenvalue weighted by Gasteiger charge is -2.06. The molecule has 4 nitrogen and oxygen atoms in total. The lowest BCUT2D eigenvalue weighted by Crippen LogP contribution is -2.10. The predicted octanol–water partition coefficient (Wildman–Crippen LogP) is 2.17. The van der Waals surface area contributed by atoms with E-state index in [0.29, 0.717) is 12.2 Å². The Hall–Kier alpha value is -2.10. The van der Waals surface area contributed by atoms with Crippen LogP contribution in [0.3, 0.4) is 0 Å². The smallest absolute Gasteiger partial charge is 0.310 e. The van der Waals surface area contributed by atoms with Gasteiger partial charge in [-0.15, -0.1) is 0 Å². The molecular weight excluding hydrogens is 218 g/mol. The van der Waals surface area contributed by atoms with Gasteiger partial charge >= 0.3 is 5.97 Å². The van der Waals surface area contributed by atoms with E-state index in [9.17, 15) is 9.59 Å². The van der Waals surface area contributed by atoms with Gasteiger partial charge in [-0.25, -0.2) is 0 Å². The van der Waals surface area contributed by atoms with Gasteiger partial charge in [0.1, 0.15) is 5.75 Å². The summed E-state index contributed by atoms with van der Waals surface area (Å²) in [5, 5.41) is 2.93. The van der Waals surface area contributed by atoms with E-state index in [2.05, 4.69) is 11.9 Å². The van der Waals surface area contributed by atoms with Crippen molar-refractivity contribution in [2.45, 2.75) is 13.3 Å². The average Bonchev–Trinajstić information content (AvgIpc) is 2.37. The second-order valence-corrected chi connectivity index (χ2v) is 3.38. The van der Waals surface area contributed by atoms with Gasteiger partial charge in [0.15, 0.2) is 5.78 Å². The maximum Gasteiger partial charge on any atom is 0.310 e. The van der Waals surface area contributed by atoms with Crippen LogP contribution in [0.15, 0.2) is 36.9 Å². The minimum absolute atomic E-state index is 0.0773. The first kappa shape index (κ1) is 13.0. The van der Waals surface area contributed by atoms with E-state index in [-0.39, 0.29) is 18.3 Å². The largest absolute Gasteiger partial charge is 0.427 e. The zero-order chi connectivity index (χ0) is 12.7. The van der Waals surface area contributed by atoms with Gasteiger partial charge in [-0.05, 0) is 30.3 Å². The highest BCUT2D eigenvalue weighted by Gasteiger charge is 2.01. The number of hydrogen-bond acceptors (Lipinski definition) is 4. The number of esters is 1. The van der Waals surface area contributed by atoms with E-state index >= 15 is 0 Å². The first-order valence-electron chi connectivity index (χ1n) is 5.35. The fraction of sp³-hybridized carbons (Fsp3) is 0.231. The topological polar surface area (TPSA) is 55.4 Å². The molecule has 0 saturated heterocycles. The molecule has 0 heterocycles. The quantitative estimate of drug-likeness (QED) is 0.465. The van der Waals surface area contributed by atoms with E-state index in [0.717, 1.165) is 5.69 Å². The maximum absolute atomic E-state index is 11.0. The molecule has 17 heavy (non-hydrogen) atoms. The Morgan fingerprint density at radius 1 is 1.35 bits per heavy atom. The molecule has 4 heteroatoms. The van der Waals surface area contributed by atoms with Crippen LogP contribution in [0.2, 0.25) is 0 Å². The van der Waals surface area contributed by atoms with Crippen molar-refractivity contribution in [1.29, 1.82) is 0 Å². The molecule has 0 saturated carbocycles. The number of hydrogen-bond donors (Lipinski definition) is 1. The predicted molar refractivity (Wildman–Crippen MR) is 66.1 cm³/mol. The molecule has 0 aliphatic carbocycles. The third-order valence-electron chi connectivity index (χ3n) is 2.07. The van der Waals surface area contributed by atoms with Crippen LogP contribution in [0.5, 0.6) is 5.75 Å². The third-order valence-corrected chi connectivity index (χ3v) is 2.07. The van der Waals surface area contributed by atoms with Crippen molar-refractivity contribution in [2.75, 3.05) is 11.9 Å². The summed E-state index contributed by atoms with van der Waals surface area (Å²) in [5.41, 5.74) is 0.788. The van der Waals surface area contributed by atoms with Gasteiger partial charge in [-0.3, -0.25) is 9.59 Å². The van der Waals surface area contributed by atoms with Gasteiger partial charge < -0.3 is 10.1 Å². The van der Waals surface area contributed by atoms with Crippen molar-refractivity contribution in [3.63, 3.8) is 0 Å². The van der Waals surface area contributed by atoms with Crippen LogP contribution in [0.4, 0.5) is 5.69 Å². The number of ketones is 1. The molecule has 1 N–H and O–H groups in total. The molecule has 0 fully saturated rings. The van der Waals surface area contributed by atoms with Crippen molar-refractivity contribution in [3.8, 4) is 5.75 Å². The molecule has 0 amide bonds. The standard InChI is InChI=1S/C13H15NO3/c1-3-11(15)9-14-10-5-7-12(8-6-10)17-13(16)4-2/h3,5-8,14H,1,4,9H2,2H3. The van der Waals surface area contributed by atoms with Crippen molar-refractivity contribution >= 4 is 17.4 Å². The highest BCUT2D eigenvalue weighted by atomic mass is 16.5. The van der Waals surface area contributed by atoms with Gasteiger partial charge in [0.05, 0.1) is 6.54 Å². The number of carbonyl (C=O) groups is 2. The molecule has 0 aliphatic rings. The molecular formula is C13H15NO3. The molecule has 1 rings (SSSR count). The maximum atomic E-state index is 11.0. The van der Waals surface area contributed by atoms with Crippen LogP contribution in [-0.4, -0.2) is 18.3 Å². The Kier molecular flexibility index (Phi) is 4.94. The van der Waals surface area contributed by atoms with Crippen molar-refractivity contribution in [2.24, 2.45) is 0 Å².